The van der Waals surface area contributed by atoms with Crippen molar-refractivity contribution < 1.29 is 14.2 Å². The fourth-order valence-electron chi connectivity index (χ4n) is 3.51. The minimum atomic E-state index is 0.366. The summed E-state index contributed by atoms with van der Waals surface area (Å²) in [6.45, 7) is 8.96. The molecule has 0 amide bonds. The van der Waals surface area contributed by atoms with Crippen LogP contribution in [0.2, 0.25) is 0 Å². The van der Waals surface area contributed by atoms with Gasteiger partial charge in [-0.1, -0.05) is 6.07 Å². The summed E-state index contributed by atoms with van der Waals surface area (Å²) in [4.78, 5) is 5.08. The molecule has 6 nitrogen and oxygen atoms in total. The van der Waals surface area contributed by atoms with Gasteiger partial charge < -0.3 is 19.5 Å². The summed E-state index contributed by atoms with van der Waals surface area (Å²) in [6, 6.07) is 6.69. The maximum absolute atomic E-state index is 5.51. The maximum Gasteiger partial charge on any atom is 0.161 e. The molecule has 2 fully saturated rings. The van der Waals surface area contributed by atoms with Gasteiger partial charge in [-0.15, -0.1) is 0 Å². The lowest BCUT2D eigenvalue weighted by molar-refractivity contribution is 0.0206. The van der Waals surface area contributed by atoms with Crippen molar-refractivity contribution in [2.45, 2.75) is 6.04 Å². The molecule has 2 aliphatic heterocycles. The second-order valence-electron chi connectivity index (χ2n) is 6.33. The number of morpholine rings is 1. The van der Waals surface area contributed by atoms with Crippen LogP contribution in [-0.4, -0.2) is 83.0 Å². The van der Waals surface area contributed by atoms with Gasteiger partial charge in [0, 0.05) is 51.9 Å². The number of benzene rings is 1. The fourth-order valence-corrected chi connectivity index (χ4v) is 3.51. The van der Waals surface area contributed by atoms with Gasteiger partial charge in [-0.05, 0) is 17.7 Å². The first kappa shape index (κ1) is 17.5. The Kier molecular flexibility index (Phi) is 6.31. The van der Waals surface area contributed by atoms with Crippen LogP contribution in [0.25, 0.3) is 0 Å². The van der Waals surface area contributed by atoms with E-state index in [1.807, 2.05) is 6.07 Å². The Morgan fingerprint density at radius 1 is 1.04 bits per heavy atom. The van der Waals surface area contributed by atoms with E-state index in [1.54, 1.807) is 14.2 Å². The third kappa shape index (κ3) is 4.19. The summed E-state index contributed by atoms with van der Waals surface area (Å²) >= 11 is 0. The first-order valence-electron chi connectivity index (χ1n) is 8.78. The summed E-state index contributed by atoms with van der Waals surface area (Å²) in [5.41, 5.74) is 1.29. The van der Waals surface area contributed by atoms with Crippen LogP contribution in [-0.2, 0) is 4.74 Å². The highest BCUT2D eigenvalue weighted by atomic mass is 16.5. The molecule has 3 rings (SSSR count). The predicted molar refractivity (Wildman–Crippen MR) is 94.0 cm³/mol. The first-order valence-corrected chi connectivity index (χ1v) is 8.78. The highest BCUT2D eigenvalue weighted by Gasteiger charge is 2.26. The maximum atomic E-state index is 5.51. The molecule has 0 bridgehead atoms. The third-order valence-electron chi connectivity index (χ3n) is 4.92. The van der Waals surface area contributed by atoms with Crippen molar-refractivity contribution in [2.75, 3.05) is 73.2 Å². The molecule has 0 saturated carbocycles. The number of nitrogens with zero attached hydrogens (tertiary/aromatic N) is 2. The van der Waals surface area contributed by atoms with Crippen LogP contribution in [0.3, 0.4) is 0 Å². The van der Waals surface area contributed by atoms with Crippen molar-refractivity contribution in [2.24, 2.45) is 0 Å². The average molecular weight is 335 g/mol. The van der Waals surface area contributed by atoms with Gasteiger partial charge in [0.1, 0.15) is 0 Å². The second-order valence-corrected chi connectivity index (χ2v) is 6.33. The number of nitrogens with one attached hydrogen (secondary N) is 1. The molecule has 24 heavy (non-hydrogen) atoms. The molecule has 6 heteroatoms. The Morgan fingerprint density at radius 2 is 1.75 bits per heavy atom. The highest BCUT2D eigenvalue weighted by molar-refractivity contribution is 5.44. The topological polar surface area (TPSA) is 46.2 Å². The monoisotopic (exact) mass is 335 g/mol. The van der Waals surface area contributed by atoms with Crippen molar-refractivity contribution in [3.8, 4) is 11.5 Å². The summed E-state index contributed by atoms with van der Waals surface area (Å²) in [7, 11) is 3.38. The molecule has 1 atom stereocenters. The summed E-state index contributed by atoms with van der Waals surface area (Å²) in [6.07, 6.45) is 0. The van der Waals surface area contributed by atoms with E-state index in [0.717, 1.165) is 70.5 Å². The minimum absolute atomic E-state index is 0.366. The molecular formula is C18H29N3O3. The summed E-state index contributed by atoms with van der Waals surface area (Å²) in [5.74, 6) is 1.59. The molecule has 1 N–H and O–H groups in total. The normalized spacial score (nSPS) is 21.4. The van der Waals surface area contributed by atoms with E-state index in [9.17, 15) is 0 Å². The molecule has 0 aromatic heterocycles. The minimum Gasteiger partial charge on any atom is -0.493 e. The van der Waals surface area contributed by atoms with Crippen molar-refractivity contribution in [1.82, 2.24) is 15.1 Å². The molecule has 1 aromatic rings. The van der Waals surface area contributed by atoms with E-state index in [0.29, 0.717) is 6.04 Å². The molecule has 2 saturated heterocycles. The quantitative estimate of drug-likeness (QED) is 0.836. The number of hydrogen-bond donors (Lipinski definition) is 1. The first-order chi connectivity index (χ1) is 11.8. The number of methoxy groups -OCH3 is 2. The lowest BCUT2D eigenvalue weighted by Gasteiger charge is -2.39. The van der Waals surface area contributed by atoms with Crippen LogP contribution in [0.4, 0.5) is 0 Å². The number of piperazine rings is 1. The summed E-state index contributed by atoms with van der Waals surface area (Å²) in [5, 5.41) is 3.45. The van der Waals surface area contributed by atoms with E-state index >= 15 is 0 Å². The fraction of sp³-hybridized carbons (Fsp3) is 0.667. The van der Waals surface area contributed by atoms with E-state index in [1.165, 1.54) is 5.56 Å². The summed E-state index contributed by atoms with van der Waals surface area (Å²) < 4.78 is 16.4. The molecular weight excluding hydrogens is 306 g/mol. The molecule has 1 unspecified atom stereocenters. The number of ether oxygens (including phenoxy) is 3. The zero-order valence-corrected chi connectivity index (χ0v) is 14.8. The lowest BCUT2D eigenvalue weighted by atomic mass is 10.0. The van der Waals surface area contributed by atoms with Gasteiger partial charge in [0.25, 0.3) is 0 Å². The Hall–Kier alpha value is -1.34. The van der Waals surface area contributed by atoms with Gasteiger partial charge >= 0.3 is 0 Å². The van der Waals surface area contributed by atoms with Crippen LogP contribution >= 0.6 is 0 Å². The zero-order chi connectivity index (χ0) is 16.8. The lowest BCUT2D eigenvalue weighted by Crippen LogP contribution is -2.49. The molecule has 0 aliphatic carbocycles. The Bertz CT molecular complexity index is 514. The van der Waals surface area contributed by atoms with E-state index in [2.05, 4.69) is 27.2 Å². The average Bonchev–Trinajstić information content (AvgIpc) is 2.67. The van der Waals surface area contributed by atoms with Gasteiger partial charge in [0.15, 0.2) is 11.5 Å². The van der Waals surface area contributed by atoms with E-state index in [4.69, 9.17) is 14.2 Å². The largest absolute Gasteiger partial charge is 0.493 e. The highest BCUT2D eigenvalue weighted by Crippen LogP contribution is 2.32. The molecule has 0 radical (unpaired) electrons. The van der Waals surface area contributed by atoms with E-state index in [-0.39, 0.29) is 0 Å². The van der Waals surface area contributed by atoms with Gasteiger partial charge in [-0.25, -0.2) is 0 Å². The Morgan fingerprint density at radius 3 is 2.42 bits per heavy atom. The molecule has 134 valence electrons. The number of hydrogen-bond acceptors (Lipinski definition) is 6. The van der Waals surface area contributed by atoms with Crippen molar-refractivity contribution >= 4 is 0 Å². The van der Waals surface area contributed by atoms with Gasteiger partial charge in [0.05, 0.1) is 27.4 Å². The van der Waals surface area contributed by atoms with Crippen LogP contribution in [0.5, 0.6) is 11.5 Å². The molecule has 0 spiro atoms. The number of rotatable bonds is 6. The smallest absolute Gasteiger partial charge is 0.161 e. The molecule has 1 aromatic carbocycles. The van der Waals surface area contributed by atoms with Crippen LogP contribution in [0.15, 0.2) is 18.2 Å². The van der Waals surface area contributed by atoms with Crippen LogP contribution in [0.1, 0.15) is 11.6 Å². The van der Waals surface area contributed by atoms with Crippen molar-refractivity contribution in [3.05, 3.63) is 23.8 Å². The molecule has 2 aliphatic rings. The van der Waals surface area contributed by atoms with Gasteiger partial charge in [-0.2, -0.15) is 0 Å². The van der Waals surface area contributed by atoms with Crippen molar-refractivity contribution in [3.63, 3.8) is 0 Å². The third-order valence-corrected chi connectivity index (χ3v) is 4.92. The predicted octanol–water partition coefficient (Wildman–Crippen LogP) is 0.982. The standard InChI is InChI=1S/C18H29N3O3/c1-22-17-4-3-15(13-18(17)23-2)16(21-7-5-19-6-8-21)14-20-9-11-24-12-10-20/h3-4,13,16,19H,5-12,14H2,1-2H3. The SMILES string of the molecule is COc1ccc(C(CN2CCOCC2)N2CCNCC2)cc1OC. The zero-order valence-electron chi connectivity index (χ0n) is 14.8. The second kappa shape index (κ2) is 8.67. The van der Waals surface area contributed by atoms with Crippen LogP contribution < -0.4 is 14.8 Å². The Labute approximate surface area is 144 Å². The van der Waals surface area contributed by atoms with Crippen molar-refractivity contribution in [1.29, 1.82) is 0 Å². The Balaban J connectivity index is 1.82. The van der Waals surface area contributed by atoms with Crippen LogP contribution in [0, 0.1) is 0 Å². The molecule has 2 heterocycles. The van der Waals surface area contributed by atoms with E-state index < -0.39 is 0 Å². The van der Waals surface area contributed by atoms with Gasteiger partial charge in [-0.3, -0.25) is 9.80 Å². The van der Waals surface area contributed by atoms with Gasteiger partial charge in [0.2, 0.25) is 0 Å².